The van der Waals surface area contributed by atoms with Crippen molar-refractivity contribution in [3.8, 4) is 0 Å². The fourth-order valence-electron chi connectivity index (χ4n) is 3.54. The summed E-state index contributed by atoms with van der Waals surface area (Å²) in [4.78, 5) is 26.2. The SMILES string of the molecule is CCS(=O)(=O)N1CCN(C(=O)C2(NC(C)=O)CCCCC2)CC1. The molecule has 0 aromatic carbocycles. The van der Waals surface area contributed by atoms with Crippen molar-refractivity contribution in [2.75, 3.05) is 31.9 Å². The molecule has 2 fully saturated rings. The van der Waals surface area contributed by atoms with Crippen molar-refractivity contribution in [1.29, 1.82) is 0 Å². The maximum atomic E-state index is 13.0. The van der Waals surface area contributed by atoms with Crippen molar-refractivity contribution in [3.63, 3.8) is 0 Å². The summed E-state index contributed by atoms with van der Waals surface area (Å²) in [7, 11) is -3.20. The Hall–Kier alpha value is -1.15. The van der Waals surface area contributed by atoms with Gasteiger partial charge in [-0.2, -0.15) is 4.31 Å². The number of hydrogen-bond donors (Lipinski definition) is 1. The van der Waals surface area contributed by atoms with Crippen LogP contribution in [0.2, 0.25) is 0 Å². The maximum absolute atomic E-state index is 13.0. The molecule has 1 aliphatic carbocycles. The van der Waals surface area contributed by atoms with Crippen LogP contribution in [0.4, 0.5) is 0 Å². The molecule has 2 aliphatic rings. The van der Waals surface area contributed by atoms with Gasteiger partial charge in [0.15, 0.2) is 0 Å². The summed E-state index contributed by atoms with van der Waals surface area (Å²) in [6.45, 7) is 4.50. The van der Waals surface area contributed by atoms with E-state index in [4.69, 9.17) is 0 Å². The molecule has 23 heavy (non-hydrogen) atoms. The van der Waals surface area contributed by atoms with E-state index in [0.29, 0.717) is 39.0 Å². The van der Waals surface area contributed by atoms with Gasteiger partial charge in [0, 0.05) is 33.1 Å². The van der Waals surface area contributed by atoms with Gasteiger partial charge in [-0.05, 0) is 19.8 Å². The number of rotatable bonds is 4. The third kappa shape index (κ3) is 4.03. The van der Waals surface area contributed by atoms with Crippen LogP contribution in [0.5, 0.6) is 0 Å². The number of sulfonamides is 1. The molecule has 0 aromatic rings. The van der Waals surface area contributed by atoms with Crippen LogP contribution >= 0.6 is 0 Å². The van der Waals surface area contributed by atoms with Gasteiger partial charge in [-0.3, -0.25) is 9.59 Å². The minimum atomic E-state index is -3.20. The molecule has 0 spiro atoms. The van der Waals surface area contributed by atoms with E-state index in [9.17, 15) is 18.0 Å². The lowest BCUT2D eigenvalue weighted by Crippen LogP contribution is -2.63. The molecule has 1 saturated heterocycles. The average Bonchev–Trinajstić information content (AvgIpc) is 2.54. The monoisotopic (exact) mass is 345 g/mol. The zero-order chi connectivity index (χ0) is 17.1. The first-order valence-electron chi connectivity index (χ1n) is 8.37. The molecule has 0 bridgehead atoms. The number of carbonyl (C=O) groups excluding carboxylic acids is 2. The number of piperazine rings is 1. The van der Waals surface area contributed by atoms with Crippen molar-refractivity contribution < 1.29 is 18.0 Å². The van der Waals surface area contributed by atoms with Crippen LogP contribution in [0.3, 0.4) is 0 Å². The van der Waals surface area contributed by atoms with Crippen LogP contribution in [-0.2, 0) is 19.6 Å². The first-order chi connectivity index (χ1) is 10.8. The third-order valence-electron chi connectivity index (χ3n) is 4.82. The number of nitrogens with one attached hydrogen (secondary N) is 1. The van der Waals surface area contributed by atoms with Crippen LogP contribution < -0.4 is 5.32 Å². The molecule has 2 amide bonds. The van der Waals surface area contributed by atoms with Gasteiger partial charge in [0.1, 0.15) is 5.54 Å². The number of carbonyl (C=O) groups is 2. The maximum Gasteiger partial charge on any atom is 0.248 e. The number of nitrogens with zero attached hydrogens (tertiary/aromatic N) is 2. The molecule has 0 atom stereocenters. The summed E-state index contributed by atoms with van der Waals surface area (Å²) in [5.41, 5.74) is -0.796. The predicted octanol–water partition coefficient (Wildman–Crippen LogP) is 0.319. The summed E-state index contributed by atoms with van der Waals surface area (Å²) in [5.74, 6) is -0.162. The quantitative estimate of drug-likeness (QED) is 0.795. The van der Waals surface area contributed by atoms with Gasteiger partial charge >= 0.3 is 0 Å². The Morgan fingerprint density at radius 2 is 1.61 bits per heavy atom. The van der Waals surface area contributed by atoms with E-state index in [1.807, 2.05) is 0 Å². The smallest absolute Gasteiger partial charge is 0.248 e. The molecule has 1 aliphatic heterocycles. The first-order valence-corrected chi connectivity index (χ1v) is 9.97. The van der Waals surface area contributed by atoms with Crippen molar-refractivity contribution in [2.45, 2.75) is 51.5 Å². The normalized spacial score (nSPS) is 22.6. The van der Waals surface area contributed by atoms with E-state index in [1.165, 1.54) is 11.2 Å². The molecule has 1 heterocycles. The fourth-order valence-corrected chi connectivity index (χ4v) is 4.62. The van der Waals surface area contributed by atoms with Gasteiger partial charge in [0.25, 0.3) is 0 Å². The summed E-state index contributed by atoms with van der Waals surface area (Å²) < 4.78 is 25.3. The van der Waals surface area contributed by atoms with Gasteiger partial charge in [-0.25, -0.2) is 8.42 Å². The molecule has 132 valence electrons. The lowest BCUT2D eigenvalue weighted by molar-refractivity contribution is -0.144. The number of amides is 2. The van der Waals surface area contributed by atoms with E-state index in [1.54, 1.807) is 11.8 Å². The minimum absolute atomic E-state index is 0.0547. The molecule has 0 aromatic heterocycles. The lowest BCUT2D eigenvalue weighted by atomic mass is 9.80. The van der Waals surface area contributed by atoms with Crippen molar-refractivity contribution in [2.24, 2.45) is 0 Å². The Balaban J connectivity index is 2.06. The van der Waals surface area contributed by atoms with Crippen LogP contribution in [-0.4, -0.2) is 66.9 Å². The van der Waals surface area contributed by atoms with E-state index < -0.39 is 15.6 Å². The zero-order valence-electron chi connectivity index (χ0n) is 14.0. The van der Waals surface area contributed by atoms with Gasteiger partial charge in [0.05, 0.1) is 5.75 Å². The highest BCUT2D eigenvalue weighted by Crippen LogP contribution is 2.30. The summed E-state index contributed by atoms with van der Waals surface area (Å²) in [6.07, 6.45) is 4.27. The largest absolute Gasteiger partial charge is 0.342 e. The van der Waals surface area contributed by atoms with Gasteiger partial charge < -0.3 is 10.2 Å². The predicted molar refractivity (Wildman–Crippen MR) is 87.2 cm³/mol. The summed E-state index contributed by atoms with van der Waals surface area (Å²) in [6, 6.07) is 0. The molecule has 7 nitrogen and oxygen atoms in total. The lowest BCUT2D eigenvalue weighted by Gasteiger charge is -2.42. The molecule has 1 N–H and O–H groups in total. The molecule has 0 radical (unpaired) electrons. The Morgan fingerprint density at radius 1 is 1.04 bits per heavy atom. The molecule has 1 saturated carbocycles. The Kier molecular flexibility index (Phi) is 5.67. The topological polar surface area (TPSA) is 86.8 Å². The molecular formula is C15H27N3O4S. The summed E-state index contributed by atoms with van der Waals surface area (Å²) >= 11 is 0. The second-order valence-corrected chi connectivity index (χ2v) is 8.67. The van der Waals surface area contributed by atoms with E-state index in [0.717, 1.165) is 19.3 Å². The summed E-state index contributed by atoms with van der Waals surface area (Å²) in [5, 5.41) is 2.88. The molecule has 8 heteroatoms. The fraction of sp³-hybridized carbons (Fsp3) is 0.867. The van der Waals surface area contributed by atoms with E-state index in [-0.39, 0.29) is 17.6 Å². The van der Waals surface area contributed by atoms with Gasteiger partial charge in [-0.1, -0.05) is 19.3 Å². The van der Waals surface area contributed by atoms with Crippen molar-refractivity contribution in [3.05, 3.63) is 0 Å². The van der Waals surface area contributed by atoms with Crippen LogP contribution in [0.1, 0.15) is 46.0 Å². The average molecular weight is 345 g/mol. The second kappa shape index (κ2) is 7.17. The molecule has 0 unspecified atom stereocenters. The zero-order valence-corrected chi connectivity index (χ0v) is 14.8. The number of hydrogen-bond acceptors (Lipinski definition) is 4. The second-order valence-electron chi connectivity index (χ2n) is 6.42. The highest BCUT2D eigenvalue weighted by atomic mass is 32.2. The molecule has 2 rings (SSSR count). The Morgan fingerprint density at radius 3 is 2.09 bits per heavy atom. The van der Waals surface area contributed by atoms with Crippen LogP contribution in [0.15, 0.2) is 0 Å². The first kappa shape index (κ1) is 18.2. The van der Waals surface area contributed by atoms with Gasteiger partial charge in [0.2, 0.25) is 21.8 Å². The van der Waals surface area contributed by atoms with Crippen LogP contribution in [0.25, 0.3) is 0 Å². The Labute approximate surface area is 138 Å². The van der Waals surface area contributed by atoms with Crippen LogP contribution in [0, 0.1) is 0 Å². The van der Waals surface area contributed by atoms with E-state index in [2.05, 4.69) is 5.32 Å². The standard InChI is InChI=1S/C15H27N3O4S/c1-3-23(21,22)18-11-9-17(10-12-18)14(20)15(16-13(2)19)7-5-4-6-8-15/h3-12H2,1-2H3,(H,16,19). The highest BCUT2D eigenvalue weighted by molar-refractivity contribution is 7.89. The van der Waals surface area contributed by atoms with Crippen molar-refractivity contribution in [1.82, 2.24) is 14.5 Å². The van der Waals surface area contributed by atoms with Gasteiger partial charge in [-0.15, -0.1) is 0 Å². The van der Waals surface area contributed by atoms with E-state index >= 15 is 0 Å². The molecular weight excluding hydrogens is 318 g/mol. The van der Waals surface area contributed by atoms with Crippen molar-refractivity contribution >= 4 is 21.8 Å². The Bertz CT molecular complexity index is 547. The third-order valence-corrected chi connectivity index (χ3v) is 6.70. The highest BCUT2D eigenvalue weighted by Gasteiger charge is 2.43. The minimum Gasteiger partial charge on any atom is -0.342 e.